The zero-order valence-corrected chi connectivity index (χ0v) is 25.4. The first-order valence-corrected chi connectivity index (χ1v) is 16.1. The van der Waals surface area contributed by atoms with Crippen molar-refractivity contribution in [2.24, 2.45) is 29.6 Å². The largest absolute Gasteiger partial charge is 0.465 e. The predicted molar refractivity (Wildman–Crippen MR) is 157 cm³/mol. The second kappa shape index (κ2) is 16.0. The van der Waals surface area contributed by atoms with Gasteiger partial charge in [-0.05, 0) is 81.0 Å². The van der Waals surface area contributed by atoms with Gasteiger partial charge in [-0.1, -0.05) is 26.2 Å². The quantitative estimate of drug-likeness (QED) is 0.139. The summed E-state index contributed by atoms with van der Waals surface area (Å²) < 4.78 is 11.3. The number of ether oxygens (including phenoxy) is 2. The number of esters is 2. The minimum Gasteiger partial charge on any atom is -0.465 e. The Bertz CT molecular complexity index is 1080. The minimum absolute atomic E-state index is 0.184. The zero-order valence-electron chi connectivity index (χ0n) is 25.4. The van der Waals surface area contributed by atoms with E-state index in [1.165, 1.54) is 34.1 Å². The SMILES string of the molecule is CCC1CC(COC(=O)CCCCCN2C(=O)C=CC2=O)CC2CC(COC(=O)CCCCCN3C(=O)C=CC3=O)CC12. The molecule has 2 fully saturated rings. The first-order chi connectivity index (χ1) is 20.7. The van der Waals surface area contributed by atoms with Crippen LogP contribution in [0.4, 0.5) is 0 Å². The van der Waals surface area contributed by atoms with E-state index in [0.29, 0.717) is 94.4 Å². The van der Waals surface area contributed by atoms with Gasteiger partial charge in [-0.3, -0.25) is 38.6 Å². The van der Waals surface area contributed by atoms with Crippen molar-refractivity contribution in [3.63, 3.8) is 0 Å². The molecule has 0 aromatic rings. The van der Waals surface area contributed by atoms with E-state index >= 15 is 0 Å². The van der Waals surface area contributed by atoms with Crippen molar-refractivity contribution in [1.82, 2.24) is 9.80 Å². The highest BCUT2D eigenvalue weighted by molar-refractivity contribution is 6.13. The highest BCUT2D eigenvalue weighted by Crippen LogP contribution is 2.50. The molecule has 4 rings (SSSR count). The summed E-state index contributed by atoms with van der Waals surface area (Å²) >= 11 is 0. The summed E-state index contributed by atoms with van der Waals surface area (Å²) in [5.74, 6) is 1.09. The average Bonchev–Trinajstić information content (AvgIpc) is 3.66. The first kappa shape index (κ1) is 32.6. The Morgan fingerprint density at radius 2 is 1.09 bits per heavy atom. The van der Waals surface area contributed by atoms with E-state index in [-0.39, 0.29) is 35.6 Å². The van der Waals surface area contributed by atoms with Gasteiger partial charge in [0.15, 0.2) is 0 Å². The molecule has 2 aliphatic heterocycles. The van der Waals surface area contributed by atoms with Crippen LogP contribution >= 0.6 is 0 Å². The molecule has 0 radical (unpaired) electrons. The molecule has 10 nitrogen and oxygen atoms in total. The standard InChI is InChI=1S/C33H46N2O8/c1-2-25-17-23(21-42-32(40)9-5-3-7-15-34-28(36)11-12-29(34)37)18-26-19-24(20-27(25)26)22-43-33(41)10-6-4-8-16-35-30(38)13-14-31(35)39/h11-14,23-27H,2-10,15-22H2,1H3. The van der Waals surface area contributed by atoms with Crippen molar-refractivity contribution in [2.45, 2.75) is 90.4 Å². The van der Waals surface area contributed by atoms with Gasteiger partial charge in [0.2, 0.25) is 0 Å². The van der Waals surface area contributed by atoms with Crippen LogP contribution in [0.15, 0.2) is 24.3 Å². The molecule has 2 aliphatic carbocycles. The van der Waals surface area contributed by atoms with Crippen molar-refractivity contribution in [3.05, 3.63) is 24.3 Å². The van der Waals surface area contributed by atoms with Crippen LogP contribution in [0.5, 0.6) is 0 Å². The lowest BCUT2D eigenvalue weighted by molar-refractivity contribution is -0.146. The number of fused-ring (bicyclic) bond motifs is 1. The second-order valence-electron chi connectivity index (χ2n) is 12.6. The number of hydrogen-bond acceptors (Lipinski definition) is 8. The summed E-state index contributed by atoms with van der Waals surface area (Å²) in [4.78, 5) is 73.5. The van der Waals surface area contributed by atoms with E-state index < -0.39 is 0 Å². The summed E-state index contributed by atoms with van der Waals surface area (Å²) in [6.07, 6.45) is 15.4. The molecule has 5 unspecified atom stereocenters. The van der Waals surface area contributed by atoms with Crippen LogP contribution in [0.3, 0.4) is 0 Å². The molecule has 2 saturated carbocycles. The summed E-state index contributed by atoms with van der Waals surface area (Å²) in [5, 5.41) is 0. The Morgan fingerprint density at radius 1 is 0.651 bits per heavy atom. The van der Waals surface area contributed by atoms with Crippen LogP contribution in [0.1, 0.15) is 90.4 Å². The van der Waals surface area contributed by atoms with Crippen molar-refractivity contribution in [3.8, 4) is 0 Å². The van der Waals surface area contributed by atoms with E-state index in [9.17, 15) is 28.8 Å². The Morgan fingerprint density at radius 3 is 1.53 bits per heavy atom. The van der Waals surface area contributed by atoms with Crippen LogP contribution in [0.2, 0.25) is 0 Å². The van der Waals surface area contributed by atoms with Gasteiger partial charge in [0, 0.05) is 50.2 Å². The fraction of sp³-hybridized carbons (Fsp3) is 0.697. The van der Waals surface area contributed by atoms with Crippen LogP contribution in [0, 0.1) is 29.6 Å². The molecule has 0 aromatic heterocycles. The van der Waals surface area contributed by atoms with Gasteiger partial charge in [0.1, 0.15) is 0 Å². The summed E-state index contributed by atoms with van der Waals surface area (Å²) in [6.45, 7) is 3.91. The second-order valence-corrected chi connectivity index (χ2v) is 12.6. The number of rotatable bonds is 17. The molecule has 0 N–H and O–H groups in total. The number of carbonyl (C=O) groups is 6. The third-order valence-corrected chi connectivity index (χ3v) is 9.54. The first-order valence-electron chi connectivity index (χ1n) is 16.1. The maximum atomic E-state index is 12.4. The molecular formula is C33H46N2O8. The van der Waals surface area contributed by atoms with E-state index in [2.05, 4.69) is 6.92 Å². The normalized spacial score (nSPS) is 26.5. The molecule has 0 saturated heterocycles. The molecule has 236 valence electrons. The third-order valence-electron chi connectivity index (χ3n) is 9.54. The third kappa shape index (κ3) is 9.34. The fourth-order valence-corrected chi connectivity index (χ4v) is 7.29. The molecule has 4 amide bonds. The molecule has 0 spiro atoms. The molecule has 5 atom stereocenters. The minimum atomic E-state index is -0.270. The number of amides is 4. The molecule has 2 heterocycles. The Kier molecular flexibility index (Phi) is 12.1. The van der Waals surface area contributed by atoms with Crippen LogP contribution < -0.4 is 0 Å². The van der Waals surface area contributed by atoms with E-state index in [4.69, 9.17) is 9.47 Å². The van der Waals surface area contributed by atoms with Crippen LogP contribution in [-0.4, -0.2) is 71.7 Å². The van der Waals surface area contributed by atoms with Crippen molar-refractivity contribution in [1.29, 1.82) is 0 Å². The molecule has 0 bridgehead atoms. The van der Waals surface area contributed by atoms with Gasteiger partial charge in [-0.2, -0.15) is 0 Å². The Labute approximate surface area is 254 Å². The molecular weight excluding hydrogens is 552 g/mol. The van der Waals surface area contributed by atoms with Crippen molar-refractivity contribution >= 4 is 35.6 Å². The van der Waals surface area contributed by atoms with Gasteiger partial charge in [0.05, 0.1) is 13.2 Å². The number of hydrogen-bond donors (Lipinski definition) is 0. The zero-order chi connectivity index (χ0) is 30.8. The highest BCUT2D eigenvalue weighted by atomic mass is 16.5. The van der Waals surface area contributed by atoms with Gasteiger partial charge in [-0.15, -0.1) is 0 Å². The lowest BCUT2D eigenvalue weighted by atomic mass is 9.68. The lowest BCUT2D eigenvalue weighted by Gasteiger charge is -2.38. The van der Waals surface area contributed by atoms with Crippen molar-refractivity contribution < 1.29 is 38.2 Å². The van der Waals surface area contributed by atoms with E-state index in [1.807, 2.05) is 0 Å². The molecule has 43 heavy (non-hydrogen) atoms. The summed E-state index contributed by atoms with van der Waals surface area (Å²) in [7, 11) is 0. The van der Waals surface area contributed by atoms with E-state index in [0.717, 1.165) is 44.9 Å². The van der Waals surface area contributed by atoms with Gasteiger partial charge < -0.3 is 9.47 Å². The fourth-order valence-electron chi connectivity index (χ4n) is 7.29. The lowest BCUT2D eigenvalue weighted by Crippen LogP contribution is -2.31. The number of nitrogens with zero attached hydrogens (tertiary/aromatic N) is 2. The van der Waals surface area contributed by atoms with Gasteiger partial charge >= 0.3 is 11.9 Å². The highest BCUT2D eigenvalue weighted by Gasteiger charge is 2.43. The monoisotopic (exact) mass is 598 g/mol. The summed E-state index contributed by atoms with van der Waals surface area (Å²) in [5.41, 5.74) is 0. The number of unbranched alkanes of at least 4 members (excludes halogenated alkanes) is 4. The maximum absolute atomic E-state index is 12.4. The van der Waals surface area contributed by atoms with Gasteiger partial charge in [-0.25, -0.2) is 0 Å². The average molecular weight is 599 g/mol. The Hall–Kier alpha value is -3.30. The number of imide groups is 2. The molecule has 0 aromatic carbocycles. The molecule has 10 heteroatoms. The predicted octanol–water partition coefficient (Wildman–Crippen LogP) is 4.12. The van der Waals surface area contributed by atoms with Crippen LogP contribution in [-0.2, 0) is 38.2 Å². The van der Waals surface area contributed by atoms with E-state index in [1.54, 1.807) is 0 Å². The van der Waals surface area contributed by atoms with Gasteiger partial charge in [0.25, 0.3) is 23.6 Å². The van der Waals surface area contributed by atoms with Crippen molar-refractivity contribution in [2.75, 3.05) is 26.3 Å². The maximum Gasteiger partial charge on any atom is 0.305 e. The smallest absolute Gasteiger partial charge is 0.305 e. The topological polar surface area (TPSA) is 127 Å². The number of carbonyl (C=O) groups excluding carboxylic acids is 6. The van der Waals surface area contributed by atoms with Crippen LogP contribution in [0.25, 0.3) is 0 Å². The summed E-state index contributed by atoms with van der Waals surface area (Å²) in [6, 6.07) is 0. The Balaban J connectivity index is 1.06. The molecule has 4 aliphatic rings.